The molecular weight excluding hydrogens is 228 g/mol. The molecule has 0 spiro atoms. The fourth-order valence-electron chi connectivity index (χ4n) is 1.91. The molecule has 0 aromatic rings. The van der Waals surface area contributed by atoms with Crippen LogP contribution in [0.5, 0.6) is 0 Å². The second-order valence-electron chi connectivity index (χ2n) is 3.95. The molecule has 0 aliphatic carbocycles. The maximum absolute atomic E-state index is 12.0. The fourth-order valence-corrected chi connectivity index (χ4v) is 1.91. The van der Waals surface area contributed by atoms with E-state index in [-0.39, 0.29) is 23.7 Å². The zero-order valence-corrected chi connectivity index (χ0v) is 10.6. The van der Waals surface area contributed by atoms with E-state index in [2.05, 4.69) is 17.2 Å². The van der Waals surface area contributed by atoms with Gasteiger partial charge in [0.1, 0.15) is 0 Å². The molecule has 0 aromatic heterocycles. The van der Waals surface area contributed by atoms with Crippen LogP contribution in [0.3, 0.4) is 0 Å². The van der Waals surface area contributed by atoms with Gasteiger partial charge in [-0.25, -0.2) is 0 Å². The molecule has 1 amide bonds. The van der Waals surface area contributed by atoms with Gasteiger partial charge in [-0.15, -0.1) is 19.0 Å². The molecule has 1 aliphatic heterocycles. The predicted molar refractivity (Wildman–Crippen MR) is 66.9 cm³/mol. The molecule has 1 fully saturated rings. The van der Waals surface area contributed by atoms with Crippen LogP contribution in [0, 0.1) is 5.41 Å². The Kier molecular flexibility index (Phi) is 7.38. The van der Waals surface area contributed by atoms with E-state index in [4.69, 9.17) is 4.74 Å². The van der Waals surface area contributed by atoms with Gasteiger partial charge in [0.2, 0.25) is 5.91 Å². The van der Waals surface area contributed by atoms with Crippen molar-refractivity contribution in [2.45, 2.75) is 12.8 Å². The minimum absolute atomic E-state index is 0. The maximum atomic E-state index is 12.0. The van der Waals surface area contributed by atoms with Crippen molar-refractivity contribution in [2.24, 2.45) is 5.41 Å². The van der Waals surface area contributed by atoms with E-state index >= 15 is 0 Å². The summed E-state index contributed by atoms with van der Waals surface area (Å²) >= 11 is 0. The minimum atomic E-state index is -0.279. The van der Waals surface area contributed by atoms with Crippen LogP contribution in [-0.4, -0.2) is 39.3 Å². The van der Waals surface area contributed by atoms with E-state index < -0.39 is 0 Å². The Hall–Kier alpha value is -0.580. The smallest absolute Gasteiger partial charge is 0.227 e. The van der Waals surface area contributed by atoms with Gasteiger partial charge in [-0.2, -0.15) is 0 Å². The molecule has 1 heterocycles. The molecule has 5 heteroatoms. The number of amides is 1. The first-order valence-electron chi connectivity index (χ1n) is 5.34. The van der Waals surface area contributed by atoms with Crippen LogP contribution in [-0.2, 0) is 9.53 Å². The third-order valence-electron chi connectivity index (χ3n) is 2.92. The summed E-state index contributed by atoms with van der Waals surface area (Å²) in [6, 6.07) is 0. The Labute approximate surface area is 103 Å². The highest BCUT2D eigenvalue weighted by Gasteiger charge is 2.40. The molecule has 16 heavy (non-hydrogen) atoms. The second kappa shape index (κ2) is 7.65. The molecule has 0 bridgehead atoms. The minimum Gasteiger partial charge on any atom is -0.385 e. The summed E-state index contributed by atoms with van der Waals surface area (Å²) in [6.45, 7) is 6.41. The van der Waals surface area contributed by atoms with Crippen molar-refractivity contribution in [2.75, 3.05) is 33.4 Å². The molecule has 0 aromatic carbocycles. The molecule has 1 rings (SSSR count). The molecule has 0 saturated carbocycles. The van der Waals surface area contributed by atoms with Gasteiger partial charge >= 0.3 is 0 Å². The van der Waals surface area contributed by atoms with E-state index in [9.17, 15) is 4.79 Å². The van der Waals surface area contributed by atoms with Gasteiger partial charge in [0.15, 0.2) is 0 Å². The van der Waals surface area contributed by atoms with Gasteiger partial charge in [0, 0.05) is 26.8 Å². The summed E-state index contributed by atoms with van der Waals surface area (Å²) in [6.07, 6.45) is 3.36. The van der Waals surface area contributed by atoms with Crippen molar-refractivity contribution in [3.8, 4) is 0 Å². The largest absolute Gasteiger partial charge is 0.385 e. The topological polar surface area (TPSA) is 50.4 Å². The van der Waals surface area contributed by atoms with E-state index in [0.717, 1.165) is 25.9 Å². The van der Waals surface area contributed by atoms with Crippen LogP contribution in [0.15, 0.2) is 12.7 Å². The van der Waals surface area contributed by atoms with Crippen LogP contribution in [0.4, 0.5) is 0 Å². The summed E-state index contributed by atoms with van der Waals surface area (Å²) < 4.78 is 5.06. The lowest BCUT2D eigenvalue weighted by atomic mass is 9.83. The molecule has 1 saturated heterocycles. The Morgan fingerprint density at radius 3 is 2.94 bits per heavy atom. The first-order chi connectivity index (χ1) is 7.25. The molecule has 2 N–H and O–H groups in total. The van der Waals surface area contributed by atoms with E-state index in [1.807, 2.05) is 0 Å². The summed E-state index contributed by atoms with van der Waals surface area (Å²) in [5.74, 6) is 0.115. The monoisotopic (exact) mass is 248 g/mol. The van der Waals surface area contributed by atoms with Crippen molar-refractivity contribution < 1.29 is 9.53 Å². The second-order valence-corrected chi connectivity index (χ2v) is 3.95. The number of carbonyl (C=O) groups excluding carboxylic acids is 1. The van der Waals surface area contributed by atoms with Crippen LogP contribution >= 0.6 is 12.4 Å². The molecular formula is C11H21ClN2O2. The SMILES string of the molecule is C=CCNC(=O)C1(CCOC)CCNC1.Cl. The highest BCUT2D eigenvalue weighted by Crippen LogP contribution is 2.29. The Bertz CT molecular complexity index is 228. The summed E-state index contributed by atoms with van der Waals surface area (Å²) in [7, 11) is 1.66. The van der Waals surface area contributed by atoms with Crippen molar-refractivity contribution in [3.63, 3.8) is 0 Å². The number of ether oxygens (including phenoxy) is 1. The Morgan fingerprint density at radius 1 is 1.69 bits per heavy atom. The first-order valence-corrected chi connectivity index (χ1v) is 5.34. The van der Waals surface area contributed by atoms with Crippen LogP contribution in [0.2, 0.25) is 0 Å². The highest BCUT2D eigenvalue weighted by molar-refractivity contribution is 5.85. The normalized spacial score (nSPS) is 23.6. The Balaban J connectivity index is 0.00000225. The van der Waals surface area contributed by atoms with Crippen molar-refractivity contribution >= 4 is 18.3 Å². The van der Waals surface area contributed by atoms with E-state index in [0.29, 0.717) is 13.2 Å². The van der Waals surface area contributed by atoms with E-state index in [1.165, 1.54) is 0 Å². The predicted octanol–water partition coefficient (Wildman–Crippen LogP) is 0.727. The molecule has 1 aliphatic rings. The van der Waals surface area contributed by atoms with Gasteiger partial charge < -0.3 is 15.4 Å². The van der Waals surface area contributed by atoms with Gasteiger partial charge in [-0.05, 0) is 19.4 Å². The number of methoxy groups -OCH3 is 1. The van der Waals surface area contributed by atoms with Gasteiger partial charge in [-0.1, -0.05) is 6.08 Å². The molecule has 1 atom stereocenters. The average molecular weight is 249 g/mol. The molecule has 94 valence electrons. The number of hydrogen-bond donors (Lipinski definition) is 2. The number of hydrogen-bond acceptors (Lipinski definition) is 3. The fraction of sp³-hybridized carbons (Fsp3) is 0.727. The highest BCUT2D eigenvalue weighted by atomic mass is 35.5. The van der Waals surface area contributed by atoms with Gasteiger partial charge in [-0.3, -0.25) is 4.79 Å². The Morgan fingerprint density at radius 2 is 2.44 bits per heavy atom. The summed E-state index contributed by atoms with van der Waals surface area (Å²) in [4.78, 5) is 12.0. The lowest BCUT2D eigenvalue weighted by molar-refractivity contribution is -0.130. The molecule has 0 radical (unpaired) electrons. The van der Waals surface area contributed by atoms with E-state index in [1.54, 1.807) is 13.2 Å². The van der Waals surface area contributed by atoms with Crippen molar-refractivity contribution in [1.82, 2.24) is 10.6 Å². The summed E-state index contributed by atoms with van der Waals surface area (Å²) in [5.41, 5.74) is -0.279. The van der Waals surface area contributed by atoms with Crippen LogP contribution in [0.25, 0.3) is 0 Å². The number of halogens is 1. The summed E-state index contributed by atoms with van der Waals surface area (Å²) in [5, 5.41) is 6.11. The number of nitrogens with one attached hydrogen (secondary N) is 2. The van der Waals surface area contributed by atoms with Crippen LogP contribution in [0.1, 0.15) is 12.8 Å². The zero-order valence-electron chi connectivity index (χ0n) is 9.75. The molecule has 1 unspecified atom stereocenters. The zero-order chi connectivity index (χ0) is 11.1. The quantitative estimate of drug-likeness (QED) is 0.682. The van der Waals surface area contributed by atoms with Gasteiger partial charge in [0.05, 0.1) is 5.41 Å². The van der Waals surface area contributed by atoms with Gasteiger partial charge in [0.25, 0.3) is 0 Å². The van der Waals surface area contributed by atoms with Crippen molar-refractivity contribution in [1.29, 1.82) is 0 Å². The third kappa shape index (κ3) is 3.77. The molecule has 4 nitrogen and oxygen atoms in total. The standard InChI is InChI=1S/C11H20N2O2.ClH/c1-3-6-13-10(14)11(5-8-15-2)4-7-12-9-11;/h3,12H,1,4-9H2,2H3,(H,13,14);1H. The van der Waals surface area contributed by atoms with Crippen LogP contribution < -0.4 is 10.6 Å². The third-order valence-corrected chi connectivity index (χ3v) is 2.92. The first kappa shape index (κ1) is 15.4. The van der Waals surface area contributed by atoms with Crippen molar-refractivity contribution in [3.05, 3.63) is 12.7 Å². The lowest BCUT2D eigenvalue weighted by Gasteiger charge is -2.26. The average Bonchev–Trinajstić information content (AvgIpc) is 2.73. The lowest BCUT2D eigenvalue weighted by Crippen LogP contribution is -2.43. The maximum Gasteiger partial charge on any atom is 0.227 e. The number of rotatable bonds is 6. The number of carbonyl (C=O) groups is 1.